The lowest BCUT2D eigenvalue weighted by molar-refractivity contribution is 0.112. The van der Waals surface area contributed by atoms with Crippen LogP contribution in [-0.4, -0.2) is 44.7 Å². The number of hydrogen-bond donors (Lipinski definition) is 0. The van der Waals surface area contributed by atoms with Crippen LogP contribution in [0.5, 0.6) is 11.5 Å². The highest BCUT2D eigenvalue weighted by Gasteiger charge is 2.17. The van der Waals surface area contributed by atoms with E-state index in [2.05, 4.69) is 4.90 Å². The van der Waals surface area contributed by atoms with Crippen molar-refractivity contribution in [3.63, 3.8) is 0 Å². The molecule has 0 bridgehead atoms. The van der Waals surface area contributed by atoms with Crippen LogP contribution in [0, 0.1) is 6.92 Å². The predicted octanol–water partition coefficient (Wildman–Crippen LogP) is 2.69. The van der Waals surface area contributed by atoms with Gasteiger partial charge in [-0.2, -0.15) is 0 Å². The SMILES string of the molecule is COc1cc(C=O)ccc1OCc1nc(N2CCOCC2)sc1C. The molecule has 1 aromatic carbocycles. The van der Waals surface area contributed by atoms with Crippen molar-refractivity contribution in [1.29, 1.82) is 0 Å². The molecule has 0 saturated carbocycles. The molecule has 0 unspecified atom stereocenters. The smallest absolute Gasteiger partial charge is 0.186 e. The Morgan fingerprint density at radius 2 is 2.12 bits per heavy atom. The molecule has 0 spiro atoms. The molecule has 1 fully saturated rings. The molecule has 1 aliphatic heterocycles. The maximum absolute atomic E-state index is 10.8. The van der Waals surface area contributed by atoms with Crippen molar-refractivity contribution < 1.29 is 19.0 Å². The number of nitrogens with zero attached hydrogens (tertiary/aromatic N) is 2. The van der Waals surface area contributed by atoms with E-state index in [9.17, 15) is 4.79 Å². The van der Waals surface area contributed by atoms with E-state index in [1.807, 2.05) is 6.92 Å². The normalized spacial score (nSPS) is 14.5. The van der Waals surface area contributed by atoms with E-state index in [0.717, 1.165) is 48.3 Å². The second-order valence-corrected chi connectivity index (χ2v) is 6.60. The summed E-state index contributed by atoms with van der Waals surface area (Å²) in [6.45, 7) is 5.63. The number of aryl methyl sites for hydroxylation is 1. The zero-order valence-corrected chi connectivity index (χ0v) is 14.6. The Kier molecular flexibility index (Phi) is 5.32. The molecule has 3 rings (SSSR count). The Hall–Kier alpha value is -2.12. The van der Waals surface area contributed by atoms with Gasteiger partial charge in [-0.1, -0.05) is 0 Å². The highest BCUT2D eigenvalue weighted by molar-refractivity contribution is 7.15. The molecule has 0 radical (unpaired) electrons. The lowest BCUT2D eigenvalue weighted by Gasteiger charge is -2.26. The van der Waals surface area contributed by atoms with Gasteiger partial charge in [-0.3, -0.25) is 4.79 Å². The summed E-state index contributed by atoms with van der Waals surface area (Å²) in [5.41, 5.74) is 1.47. The molecular formula is C17H20N2O4S. The number of ether oxygens (including phenoxy) is 3. The minimum atomic E-state index is 0.365. The fourth-order valence-corrected chi connectivity index (χ4v) is 3.42. The Morgan fingerprint density at radius 3 is 2.83 bits per heavy atom. The Labute approximate surface area is 145 Å². The number of aromatic nitrogens is 1. The van der Waals surface area contributed by atoms with E-state index in [1.165, 1.54) is 0 Å². The summed E-state index contributed by atoms with van der Waals surface area (Å²) in [5.74, 6) is 1.14. The van der Waals surface area contributed by atoms with Crippen molar-refractivity contribution in [2.24, 2.45) is 0 Å². The van der Waals surface area contributed by atoms with Crippen LogP contribution in [0.1, 0.15) is 20.9 Å². The standard InChI is InChI=1S/C17H20N2O4S/c1-12-14(18-17(24-12)19-5-7-22-8-6-19)11-23-15-4-3-13(10-20)9-16(15)21-2/h3-4,9-10H,5-8,11H2,1-2H3. The lowest BCUT2D eigenvalue weighted by Crippen LogP contribution is -2.36. The van der Waals surface area contributed by atoms with Gasteiger partial charge in [-0.05, 0) is 25.1 Å². The number of carbonyl (C=O) groups is 1. The van der Waals surface area contributed by atoms with Gasteiger partial charge in [0.15, 0.2) is 16.6 Å². The quantitative estimate of drug-likeness (QED) is 0.748. The first-order chi connectivity index (χ1) is 11.7. The van der Waals surface area contributed by atoms with Crippen LogP contribution >= 0.6 is 11.3 Å². The van der Waals surface area contributed by atoms with E-state index in [0.29, 0.717) is 23.7 Å². The van der Waals surface area contributed by atoms with E-state index < -0.39 is 0 Å². The van der Waals surface area contributed by atoms with E-state index in [-0.39, 0.29) is 0 Å². The molecule has 0 N–H and O–H groups in total. The Morgan fingerprint density at radius 1 is 1.33 bits per heavy atom. The van der Waals surface area contributed by atoms with Gasteiger partial charge in [-0.25, -0.2) is 4.98 Å². The summed E-state index contributed by atoms with van der Waals surface area (Å²) in [6.07, 6.45) is 0.783. The van der Waals surface area contributed by atoms with E-state index in [1.54, 1.807) is 36.6 Å². The van der Waals surface area contributed by atoms with Gasteiger partial charge in [0.25, 0.3) is 0 Å². The minimum Gasteiger partial charge on any atom is -0.493 e. The topological polar surface area (TPSA) is 60.9 Å². The third kappa shape index (κ3) is 3.68. The van der Waals surface area contributed by atoms with Gasteiger partial charge in [0.05, 0.1) is 26.0 Å². The van der Waals surface area contributed by atoms with Gasteiger partial charge in [0.1, 0.15) is 12.9 Å². The number of methoxy groups -OCH3 is 1. The molecule has 0 aliphatic carbocycles. The maximum Gasteiger partial charge on any atom is 0.186 e. The van der Waals surface area contributed by atoms with Gasteiger partial charge in [0.2, 0.25) is 0 Å². The monoisotopic (exact) mass is 348 g/mol. The van der Waals surface area contributed by atoms with Crippen LogP contribution in [0.4, 0.5) is 5.13 Å². The fraction of sp³-hybridized carbons (Fsp3) is 0.412. The Bertz CT molecular complexity index is 711. The van der Waals surface area contributed by atoms with Crippen molar-refractivity contribution >= 4 is 22.8 Å². The van der Waals surface area contributed by atoms with Crippen molar-refractivity contribution in [2.75, 3.05) is 38.3 Å². The number of carbonyl (C=O) groups excluding carboxylic acids is 1. The molecule has 2 heterocycles. The molecule has 1 aromatic heterocycles. The maximum atomic E-state index is 10.8. The van der Waals surface area contributed by atoms with Crippen LogP contribution in [0.15, 0.2) is 18.2 Å². The summed E-state index contributed by atoms with van der Waals surface area (Å²) in [4.78, 5) is 18.9. The lowest BCUT2D eigenvalue weighted by atomic mass is 10.2. The number of aldehydes is 1. The molecule has 0 amide bonds. The van der Waals surface area contributed by atoms with Crippen LogP contribution in [0.25, 0.3) is 0 Å². The number of thiazole rings is 1. The minimum absolute atomic E-state index is 0.365. The molecule has 128 valence electrons. The highest BCUT2D eigenvalue weighted by Crippen LogP contribution is 2.30. The summed E-state index contributed by atoms with van der Waals surface area (Å²) in [7, 11) is 1.56. The number of anilines is 1. The van der Waals surface area contributed by atoms with Crippen molar-refractivity contribution in [1.82, 2.24) is 4.98 Å². The number of morpholine rings is 1. The molecule has 6 nitrogen and oxygen atoms in total. The van der Waals surface area contributed by atoms with Gasteiger partial charge < -0.3 is 19.1 Å². The average Bonchev–Trinajstić information content (AvgIpc) is 3.01. The molecule has 1 saturated heterocycles. The highest BCUT2D eigenvalue weighted by atomic mass is 32.1. The number of rotatable bonds is 6. The van der Waals surface area contributed by atoms with Crippen molar-refractivity contribution in [3.05, 3.63) is 34.3 Å². The van der Waals surface area contributed by atoms with Crippen molar-refractivity contribution in [2.45, 2.75) is 13.5 Å². The largest absolute Gasteiger partial charge is 0.493 e. The summed E-state index contributed by atoms with van der Waals surface area (Å²) < 4.78 is 16.5. The summed E-state index contributed by atoms with van der Waals surface area (Å²) in [6, 6.07) is 5.11. The first-order valence-corrected chi connectivity index (χ1v) is 8.58. The van der Waals surface area contributed by atoms with Crippen LogP contribution < -0.4 is 14.4 Å². The van der Waals surface area contributed by atoms with Gasteiger partial charge >= 0.3 is 0 Å². The second kappa shape index (κ2) is 7.63. The third-order valence-corrected chi connectivity index (χ3v) is 4.93. The second-order valence-electron chi connectivity index (χ2n) is 5.42. The third-order valence-electron chi connectivity index (χ3n) is 3.85. The first-order valence-electron chi connectivity index (χ1n) is 7.76. The van der Waals surface area contributed by atoms with Gasteiger partial charge in [-0.15, -0.1) is 11.3 Å². The summed E-state index contributed by atoms with van der Waals surface area (Å²) >= 11 is 1.67. The van der Waals surface area contributed by atoms with Crippen LogP contribution in [0.2, 0.25) is 0 Å². The Balaban J connectivity index is 1.70. The molecular weight excluding hydrogens is 328 g/mol. The zero-order valence-electron chi connectivity index (χ0n) is 13.8. The first kappa shape index (κ1) is 16.7. The van der Waals surface area contributed by atoms with Gasteiger partial charge in [0, 0.05) is 23.5 Å². The molecule has 24 heavy (non-hydrogen) atoms. The fourth-order valence-electron chi connectivity index (χ4n) is 2.46. The molecule has 7 heteroatoms. The average molecular weight is 348 g/mol. The number of hydrogen-bond acceptors (Lipinski definition) is 7. The zero-order chi connectivity index (χ0) is 16.9. The predicted molar refractivity (Wildman–Crippen MR) is 92.6 cm³/mol. The summed E-state index contributed by atoms with van der Waals surface area (Å²) in [5, 5.41) is 1.01. The molecule has 1 aliphatic rings. The van der Waals surface area contributed by atoms with E-state index in [4.69, 9.17) is 19.2 Å². The van der Waals surface area contributed by atoms with Crippen LogP contribution in [-0.2, 0) is 11.3 Å². The van der Waals surface area contributed by atoms with E-state index >= 15 is 0 Å². The molecule has 2 aromatic rings. The van der Waals surface area contributed by atoms with Crippen molar-refractivity contribution in [3.8, 4) is 11.5 Å². The molecule has 0 atom stereocenters. The van der Waals surface area contributed by atoms with Crippen LogP contribution in [0.3, 0.4) is 0 Å². The number of benzene rings is 1.